The van der Waals surface area contributed by atoms with Gasteiger partial charge in [-0.2, -0.15) is 5.21 Å². The molecule has 1 aromatic heterocycles. The number of nitrogens with zero attached hydrogens (tertiary/aromatic N) is 3. The van der Waals surface area contributed by atoms with Gasteiger partial charge < -0.3 is 5.11 Å². The van der Waals surface area contributed by atoms with Gasteiger partial charge in [0, 0.05) is 16.1 Å². The molecule has 0 aliphatic carbocycles. The number of aromatic amines is 1. The highest BCUT2D eigenvalue weighted by atomic mass is 35.5. The van der Waals surface area contributed by atoms with Crippen LogP contribution in [0, 0.1) is 0 Å². The largest absolute Gasteiger partial charge is 0.507 e. The summed E-state index contributed by atoms with van der Waals surface area (Å²) in [6.07, 6.45) is 0. The zero-order chi connectivity index (χ0) is 13.2. The second-order valence-electron chi connectivity index (χ2n) is 3.98. The highest BCUT2D eigenvalue weighted by molar-refractivity contribution is 6.30. The number of hydrogen-bond acceptors (Lipinski definition) is 4. The lowest BCUT2D eigenvalue weighted by atomic mass is 10.0. The zero-order valence-electron chi connectivity index (χ0n) is 9.71. The molecule has 0 amide bonds. The van der Waals surface area contributed by atoms with E-state index < -0.39 is 0 Å². The maximum Gasteiger partial charge on any atom is 0.204 e. The maximum absolute atomic E-state index is 10.1. The number of hydrogen-bond donors (Lipinski definition) is 2. The molecule has 2 aromatic carbocycles. The highest BCUT2D eigenvalue weighted by Gasteiger charge is 2.09. The molecule has 94 valence electrons. The van der Waals surface area contributed by atoms with Crippen molar-refractivity contribution in [3.8, 4) is 28.3 Å². The normalized spacial score (nSPS) is 10.6. The molecule has 0 spiro atoms. The van der Waals surface area contributed by atoms with Crippen LogP contribution in [0.5, 0.6) is 5.75 Å². The number of rotatable bonds is 2. The molecular weight excluding hydrogens is 264 g/mol. The summed E-state index contributed by atoms with van der Waals surface area (Å²) >= 11 is 5.95. The molecule has 3 aromatic rings. The number of halogens is 1. The summed E-state index contributed by atoms with van der Waals surface area (Å²) in [5.74, 6) is 0.581. The van der Waals surface area contributed by atoms with Crippen LogP contribution < -0.4 is 0 Å². The van der Waals surface area contributed by atoms with Gasteiger partial charge in [-0.05, 0) is 35.0 Å². The molecular formula is C13H9ClN4O. The summed E-state index contributed by atoms with van der Waals surface area (Å²) in [5, 5.41) is 24.3. The lowest BCUT2D eigenvalue weighted by Gasteiger charge is -2.06. The van der Waals surface area contributed by atoms with E-state index in [-0.39, 0.29) is 5.75 Å². The first-order valence-electron chi connectivity index (χ1n) is 5.57. The lowest BCUT2D eigenvalue weighted by Crippen LogP contribution is -1.84. The fourth-order valence-electron chi connectivity index (χ4n) is 1.85. The van der Waals surface area contributed by atoms with Crippen molar-refractivity contribution in [2.45, 2.75) is 0 Å². The molecule has 0 saturated heterocycles. The minimum absolute atomic E-state index is 0.143. The van der Waals surface area contributed by atoms with Crippen LogP contribution in [0.1, 0.15) is 0 Å². The molecule has 0 aliphatic heterocycles. The van der Waals surface area contributed by atoms with Gasteiger partial charge in [-0.15, -0.1) is 10.2 Å². The average molecular weight is 273 g/mol. The fraction of sp³-hybridized carbons (Fsp3) is 0. The van der Waals surface area contributed by atoms with Gasteiger partial charge in [0.15, 0.2) is 0 Å². The first kappa shape index (κ1) is 11.7. The quantitative estimate of drug-likeness (QED) is 0.752. The zero-order valence-corrected chi connectivity index (χ0v) is 10.5. The number of phenols is 1. The van der Waals surface area contributed by atoms with Crippen LogP contribution in [0.15, 0.2) is 42.5 Å². The van der Waals surface area contributed by atoms with Crippen LogP contribution in [-0.4, -0.2) is 25.7 Å². The van der Waals surface area contributed by atoms with E-state index in [4.69, 9.17) is 11.6 Å². The minimum atomic E-state index is 0.143. The van der Waals surface area contributed by atoms with E-state index in [9.17, 15) is 5.11 Å². The Balaban J connectivity index is 2.05. The second kappa shape index (κ2) is 4.70. The molecule has 2 N–H and O–H groups in total. The van der Waals surface area contributed by atoms with Crippen LogP contribution >= 0.6 is 11.6 Å². The summed E-state index contributed by atoms with van der Waals surface area (Å²) in [4.78, 5) is 0. The molecule has 0 aliphatic rings. The number of aromatic hydroxyl groups is 1. The summed E-state index contributed by atoms with van der Waals surface area (Å²) in [5.41, 5.74) is 2.25. The molecule has 19 heavy (non-hydrogen) atoms. The van der Waals surface area contributed by atoms with E-state index >= 15 is 0 Å². The number of tetrazole rings is 1. The molecule has 0 unspecified atom stereocenters. The summed E-state index contributed by atoms with van der Waals surface area (Å²) in [7, 11) is 0. The number of benzene rings is 2. The van der Waals surface area contributed by atoms with Gasteiger partial charge in [-0.25, -0.2) is 0 Å². The fourth-order valence-corrected chi connectivity index (χ4v) is 2.05. The molecule has 0 radical (unpaired) electrons. The Morgan fingerprint density at radius 2 is 1.95 bits per heavy atom. The van der Waals surface area contributed by atoms with Gasteiger partial charge in [0.2, 0.25) is 5.82 Å². The van der Waals surface area contributed by atoms with Crippen molar-refractivity contribution in [3.63, 3.8) is 0 Å². The SMILES string of the molecule is Oc1cc(-c2nn[nH]n2)ccc1-c1cccc(Cl)c1. The Kier molecular flexibility index (Phi) is 2.89. The first-order valence-corrected chi connectivity index (χ1v) is 5.94. The van der Waals surface area contributed by atoms with E-state index in [2.05, 4.69) is 20.6 Å². The Hall–Kier alpha value is -2.40. The van der Waals surface area contributed by atoms with E-state index in [1.54, 1.807) is 24.3 Å². The van der Waals surface area contributed by atoms with Crippen molar-refractivity contribution in [1.82, 2.24) is 20.6 Å². The molecule has 3 rings (SSSR count). The summed E-state index contributed by atoms with van der Waals surface area (Å²) < 4.78 is 0. The topological polar surface area (TPSA) is 74.7 Å². The monoisotopic (exact) mass is 272 g/mol. The number of phenolic OH excluding ortho intramolecular Hbond substituents is 1. The molecule has 1 heterocycles. The Morgan fingerprint density at radius 1 is 1.05 bits per heavy atom. The smallest absolute Gasteiger partial charge is 0.204 e. The average Bonchev–Trinajstić information content (AvgIpc) is 2.92. The summed E-state index contributed by atoms with van der Waals surface area (Å²) in [6, 6.07) is 12.5. The highest BCUT2D eigenvalue weighted by Crippen LogP contribution is 2.33. The first-order chi connectivity index (χ1) is 9.24. The van der Waals surface area contributed by atoms with Crippen LogP contribution in [0.3, 0.4) is 0 Å². The van der Waals surface area contributed by atoms with E-state index in [0.717, 1.165) is 5.56 Å². The molecule has 0 saturated carbocycles. The molecule has 0 fully saturated rings. The minimum Gasteiger partial charge on any atom is -0.507 e. The number of nitrogens with one attached hydrogen (secondary N) is 1. The van der Waals surface area contributed by atoms with E-state index in [1.165, 1.54) is 0 Å². The van der Waals surface area contributed by atoms with Crippen LogP contribution in [0.4, 0.5) is 0 Å². The van der Waals surface area contributed by atoms with Crippen LogP contribution in [0.2, 0.25) is 5.02 Å². The Morgan fingerprint density at radius 3 is 2.63 bits per heavy atom. The van der Waals surface area contributed by atoms with E-state index in [1.807, 2.05) is 18.2 Å². The standard InChI is InChI=1S/C13H9ClN4O/c14-10-3-1-2-8(6-10)11-5-4-9(7-12(11)19)13-15-17-18-16-13/h1-7,19H,(H,15,16,17,18). The Labute approximate surface area is 113 Å². The van der Waals surface area contributed by atoms with Crippen molar-refractivity contribution in [3.05, 3.63) is 47.5 Å². The van der Waals surface area contributed by atoms with Gasteiger partial charge in [-0.3, -0.25) is 0 Å². The van der Waals surface area contributed by atoms with Gasteiger partial charge in [0.05, 0.1) is 0 Å². The lowest BCUT2D eigenvalue weighted by molar-refractivity contribution is 0.477. The molecule has 0 atom stereocenters. The molecule has 5 nitrogen and oxygen atoms in total. The third-order valence-corrected chi connectivity index (χ3v) is 2.97. The predicted octanol–water partition coefficient (Wildman–Crippen LogP) is 2.89. The number of aromatic nitrogens is 4. The molecule has 0 bridgehead atoms. The van der Waals surface area contributed by atoms with Gasteiger partial charge in [0.1, 0.15) is 5.75 Å². The van der Waals surface area contributed by atoms with Gasteiger partial charge in [0.25, 0.3) is 0 Å². The summed E-state index contributed by atoms with van der Waals surface area (Å²) in [6.45, 7) is 0. The van der Waals surface area contributed by atoms with Crippen molar-refractivity contribution < 1.29 is 5.11 Å². The predicted molar refractivity (Wildman–Crippen MR) is 71.7 cm³/mol. The van der Waals surface area contributed by atoms with Crippen molar-refractivity contribution in [2.75, 3.05) is 0 Å². The Bertz CT molecular complexity index is 712. The maximum atomic E-state index is 10.1. The number of H-pyrrole nitrogens is 1. The van der Waals surface area contributed by atoms with Crippen molar-refractivity contribution in [1.29, 1.82) is 0 Å². The third kappa shape index (κ3) is 2.28. The van der Waals surface area contributed by atoms with Crippen molar-refractivity contribution in [2.24, 2.45) is 0 Å². The van der Waals surface area contributed by atoms with Crippen LogP contribution in [-0.2, 0) is 0 Å². The van der Waals surface area contributed by atoms with Gasteiger partial charge in [-0.1, -0.05) is 29.8 Å². The second-order valence-corrected chi connectivity index (χ2v) is 4.41. The third-order valence-electron chi connectivity index (χ3n) is 2.74. The van der Waals surface area contributed by atoms with Gasteiger partial charge >= 0.3 is 0 Å². The molecule has 6 heteroatoms. The van der Waals surface area contributed by atoms with Crippen LogP contribution in [0.25, 0.3) is 22.5 Å². The van der Waals surface area contributed by atoms with Crippen molar-refractivity contribution >= 4 is 11.6 Å². The van der Waals surface area contributed by atoms with E-state index in [0.29, 0.717) is 22.0 Å².